The summed E-state index contributed by atoms with van der Waals surface area (Å²) in [6.45, 7) is 0. The maximum Gasteiger partial charge on any atom is 0.204 e. The van der Waals surface area contributed by atoms with Gasteiger partial charge in [0, 0.05) is 0 Å². The number of nitrogens with two attached hydrogens (primary N) is 1. The van der Waals surface area contributed by atoms with E-state index in [2.05, 4.69) is 15.3 Å². The lowest BCUT2D eigenvalue weighted by Crippen LogP contribution is -2.03. The van der Waals surface area contributed by atoms with Crippen LogP contribution in [0.2, 0.25) is 10.0 Å². The van der Waals surface area contributed by atoms with Gasteiger partial charge in [-0.3, -0.25) is 0 Å². The van der Waals surface area contributed by atoms with E-state index in [0.717, 1.165) is 12.1 Å². The zero-order chi connectivity index (χ0) is 14.0. The minimum absolute atomic E-state index is 0.115. The summed E-state index contributed by atoms with van der Waals surface area (Å²) in [5.41, 5.74) is 5.95. The van der Waals surface area contributed by atoms with Crippen LogP contribution in [-0.4, -0.2) is 17.1 Å². The summed E-state index contributed by atoms with van der Waals surface area (Å²) in [6.07, 6.45) is 1.26. The van der Waals surface area contributed by atoms with Crippen LogP contribution in [-0.2, 0) is 0 Å². The minimum atomic E-state index is -0.533. The number of nitrogens with one attached hydrogen (secondary N) is 1. The second-order valence-electron chi connectivity index (χ2n) is 3.51. The van der Waals surface area contributed by atoms with Crippen molar-refractivity contribution in [2.75, 3.05) is 18.2 Å². The standard InChI is InChI=1S/C11H9Cl2FN4O/c1-19-9-10(15)16-4-17-11(9)18-8-6(12)2-5(14)3-7(8)13/h2-4H,1H3,(H3,15,16,17,18). The van der Waals surface area contributed by atoms with Crippen LogP contribution in [0.5, 0.6) is 5.75 Å². The molecular formula is C11H9Cl2FN4O. The fourth-order valence-corrected chi connectivity index (χ4v) is 2.01. The Labute approximate surface area is 118 Å². The highest BCUT2D eigenvalue weighted by Gasteiger charge is 2.14. The third-order valence-electron chi connectivity index (χ3n) is 2.29. The van der Waals surface area contributed by atoms with E-state index in [-0.39, 0.29) is 27.4 Å². The highest BCUT2D eigenvalue weighted by molar-refractivity contribution is 6.39. The molecular weight excluding hydrogens is 294 g/mol. The van der Waals surface area contributed by atoms with Gasteiger partial charge in [0.25, 0.3) is 0 Å². The first-order valence-electron chi connectivity index (χ1n) is 5.09. The maximum absolute atomic E-state index is 13.1. The molecule has 0 aliphatic heterocycles. The second-order valence-corrected chi connectivity index (χ2v) is 4.32. The first-order chi connectivity index (χ1) is 9.02. The Morgan fingerprint density at radius 1 is 1.26 bits per heavy atom. The number of hydrogen-bond donors (Lipinski definition) is 2. The highest BCUT2D eigenvalue weighted by atomic mass is 35.5. The summed E-state index contributed by atoms with van der Waals surface area (Å²) in [5, 5.41) is 3.07. The molecule has 0 unspecified atom stereocenters. The van der Waals surface area contributed by atoms with E-state index in [1.54, 1.807) is 0 Å². The van der Waals surface area contributed by atoms with Crippen molar-refractivity contribution in [1.29, 1.82) is 0 Å². The van der Waals surface area contributed by atoms with Crippen molar-refractivity contribution in [3.05, 3.63) is 34.3 Å². The Morgan fingerprint density at radius 3 is 2.47 bits per heavy atom. The van der Waals surface area contributed by atoms with Crippen molar-refractivity contribution in [3.8, 4) is 5.75 Å². The number of rotatable bonds is 3. The van der Waals surface area contributed by atoms with Gasteiger partial charge in [-0.1, -0.05) is 23.2 Å². The molecule has 0 aliphatic carbocycles. The zero-order valence-electron chi connectivity index (χ0n) is 9.75. The van der Waals surface area contributed by atoms with Crippen LogP contribution in [0, 0.1) is 5.82 Å². The Kier molecular flexibility index (Phi) is 3.92. The van der Waals surface area contributed by atoms with E-state index < -0.39 is 5.82 Å². The zero-order valence-corrected chi connectivity index (χ0v) is 11.3. The number of hydrogen-bond acceptors (Lipinski definition) is 5. The molecule has 0 fully saturated rings. The van der Waals surface area contributed by atoms with Crippen LogP contribution in [0.1, 0.15) is 0 Å². The summed E-state index contributed by atoms with van der Waals surface area (Å²) in [7, 11) is 1.42. The minimum Gasteiger partial charge on any atom is -0.490 e. The number of benzene rings is 1. The van der Waals surface area contributed by atoms with Gasteiger partial charge < -0.3 is 15.8 Å². The SMILES string of the molecule is COc1c(N)ncnc1Nc1c(Cl)cc(F)cc1Cl. The lowest BCUT2D eigenvalue weighted by atomic mass is 10.3. The Morgan fingerprint density at radius 2 is 1.89 bits per heavy atom. The largest absolute Gasteiger partial charge is 0.490 e. The molecule has 2 aromatic rings. The average Bonchev–Trinajstić information content (AvgIpc) is 2.34. The fraction of sp³-hybridized carbons (Fsp3) is 0.0909. The molecule has 8 heteroatoms. The van der Waals surface area contributed by atoms with Gasteiger partial charge in [0.1, 0.15) is 12.1 Å². The lowest BCUT2D eigenvalue weighted by molar-refractivity contribution is 0.415. The van der Waals surface area contributed by atoms with E-state index in [4.69, 9.17) is 33.7 Å². The van der Waals surface area contributed by atoms with E-state index in [0.29, 0.717) is 5.69 Å². The normalized spacial score (nSPS) is 10.3. The smallest absolute Gasteiger partial charge is 0.204 e. The van der Waals surface area contributed by atoms with Crippen LogP contribution >= 0.6 is 23.2 Å². The second kappa shape index (κ2) is 5.46. The molecule has 2 rings (SSSR count). The molecule has 19 heavy (non-hydrogen) atoms. The van der Waals surface area contributed by atoms with Crippen LogP contribution in [0.25, 0.3) is 0 Å². The van der Waals surface area contributed by atoms with Gasteiger partial charge in [-0.05, 0) is 12.1 Å². The molecule has 0 spiro atoms. The van der Waals surface area contributed by atoms with E-state index >= 15 is 0 Å². The first-order valence-corrected chi connectivity index (χ1v) is 5.84. The van der Waals surface area contributed by atoms with Crippen LogP contribution < -0.4 is 15.8 Å². The van der Waals surface area contributed by atoms with E-state index in [9.17, 15) is 4.39 Å². The molecule has 1 aromatic heterocycles. The first kappa shape index (κ1) is 13.6. The van der Waals surface area contributed by atoms with Gasteiger partial charge >= 0.3 is 0 Å². The van der Waals surface area contributed by atoms with Gasteiger partial charge in [-0.25, -0.2) is 14.4 Å². The maximum atomic E-state index is 13.1. The summed E-state index contributed by atoms with van der Waals surface area (Å²) < 4.78 is 18.2. The third kappa shape index (κ3) is 2.80. The van der Waals surface area contributed by atoms with Crippen molar-refractivity contribution in [3.63, 3.8) is 0 Å². The summed E-state index contributed by atoms with van der Waals surface area (Å²) in [6, 6.07) is 2.26. The predicted octanol–water partition coefficient (Wildman–Crippen LogP) is 3.26. The molecule has 0 radical (unpaired) electrons. The average molecular weight is 303 g/mol. The number of nitrogens with zero attached hydrogens (tertiary/aromatic N) is 2. The number of halogens is 3. The molecule has 1 aromatic carbocycles. The van der Waals surface area contributed by atoms with Gasteiger partial charge in [0.05, 0.1) is 22.8 Å². The van der Waals surface area contributed by atoms with Crippen molar-refractivity contribution >= 4 is 40.5 Å². The number of nitrogen functional groups attached to an aromatic ring is 1. The quantitative estimate of drug-likeness (QED) is 0.910. The molecule has 0 amide bonds. The van der Waals surface area contributed by atoms with Crippen LogP contribution in [0.15, 0.2) is 18.5 Å². The molecule has 0 bridgehead atoms. The van der Waals surface area contributed by atoms with Crippen molar-refractivity contribution < 1.29 is 9.13 Å². The van der Waals surface area contributed by atoms with Gasteiger partial charge in [-0.2, -0.15) is 0 Å². The van der Waals surface area contributed by atoms with Gasteiger partial charge in [0.15, 0.2) is 11.6 Å². The highest BCUT2D eigenvalue weighted by Crippen LogP contribution is 2.36. The van der Waals surface area contributed by atoms with Crippen molar-refractivity contribution in [2.45, 2.75) is 0 Å². The number of ether oxygens (including phenoxy) is 1. The number of methoxy groups -OCH3 is 1. The third-order valence-corrected chi connectivity index (χ3v) is 2.88. The Bertz CT molecular complexity index is 601. The van der Waals surface area contributed by atoms with Gasteiger partial charge in [-0.15, -0.1) is 0 Å². The molecule has 1 heterocycles. The lowest BCUT2D eigenvalue weighted by Gasteiger charge is -2.13. The monoisotopic (exact) mass is 302 g/mol. The topological polar surface area (TPSA) is 73.1 Å². The predicted molar refractivity (Wildman–Crippen MR) is 72.7 cm³/mol. The number of aromatic nitrogens is 2. The van der Waals surface area contributed by atoms with Crippen molar-refractivity contribution in [2.24, 2.45) is 0 Å². The molecule has 5 nitrogen and oxygen atoms in total. The Balaban J connectivity index is 2.45. The molecule has 3 N–H and O–H groups in total. The van der Waals surface area contributed by atoms with E-state index in [1.807, 2.05) is 0 Å². The van der Waals surface area contributed by atoms with Crippen LogP contribution in [0.4, 0.5) is 21.7 Å². The summed E-state index contributed by atoms with van der Waals surface area (Å²) >= 11 is 11.8. The van der Waals surface area contributed by atoms with E-state index in [1.165, 1.54) is 13.4 Å². The number of anilines is 3. The molecule has 0 atom stereocenters. The molecule has 0 saturated heterocycles. The fourth-order valence-electron chi connectivity index (χ4n) is 1.46. The Hall–Kier alpha value is -1.79. The van der Waals surface area contributed by atoms with Crippen molar-refractivity contribution in [1.82, 2.24) is 9.97 Å². The molecule has 0 saturated carbocycles. The van der Waals surface area contributed by atoms with Gasteiger partial charge in [0.2, 0.25) is 5.75 Å². The summed E-state index contributed by atoms with van der Waals surface area (Å²) in [5.74, 6) is 0.161. The van der Waals surface area contributed by atoms with Crippen LogP contribution in [0.3, 0.4) is 0 Å². The molecule has 100 valence electrons. The molecule has 0 aliphatic rings. The summed E-state index contributed by atoms with van der Waals surface area (Å²) in [4.78, 5) is 7.76.